The van der Waals surface area contributed by atoms with Crippen LogP contribution in [-0.4, -0.2) is 37.4 Å². The molecule has 35 heavy (non-hydrogen) atoms. The third kappa shape index (κ3) is 6.32. The van der Waals surface area contributed by atoms with Crippen molar-refractivity contribution < 1.29 is 28.8 Å². The van der Waals surface area contributed by atoms with Crippen molar-refractivity contribution in [1.82, 2.24) is 5.32 Å². The van der Waals surface area contributed by atoms with E-state index in [1.54, 1.807) is 6.07 Å². The second-order valence-electron chi connectivity index (χ2n) is 8.38. The van der Waals surface area contributed by atoms with Gasteiger partial charge in [0.2, 0.25) is 6.10 Å². The number of rotatable bonds is 10. The number of fused-ring (bicyclic) bond motifs is 1. The average Bonchev–Trinajstić information content (AvgIpc) is 2.92. The largest absolute Gasteiger partial charge is 0.489 e. The Balaban J connectivity index is 1.35. The van der Waals surface area contributed by atoms with Crippen LogP contribution in [0, 0.1) is 0 Å². The number of esters is 1. The van der Waals surface area contributed by atoms with Crippen LogP contribution in [0.15, 0.2) is 72.8 Å². The number of nitrogens with one attached hydrogen (secondary N) is 1. The highest BCUT2D eigenvalue weighted by molar-refractivity contribution is 5.75. The van der Waals surface area contributed by atoms with E-state index in [0.717, 1.165) is 28.9 Å². The highest BCUT2D eigenvalue weighted by Crippen LogP contribution is 2.35. The fraction of sp³-hybridized carbons (Fsp3) is 0.321. The number of methoxy groups -OCH3 is 1. The second-order valence-corrected chi connectivity index (χ2v) is 8.38. The molecule has 1 heterocycles. The molecule has 3 atom stereocenters. The van der Waals surface area contributed by atoms with Gasteiger partial charge in [-0.05, 0) is 47.4 Å². The van der Waals surface area contributed by atoms with Gasteiger partial charge in [0, 0.05) is 12.6 Å². The molecule has 2 N–H and O–H groups in total. The molecule has 3 aromatic rings. The molecule has 4 rings (SSSR count). The van der Waals surface area contributed by atoms with Crippen LogP contribution < -0.4 is 19.5 Å². The average molecular weight is 478 g/mol. The molecule has 0 saturated carbocycles. The maximum atomic E-state index is 11.7. The van der Waals surface area contributed by atoms with Crippen LogP contribution in [0.2, 0.25) is 0 Å². The smallest absolute Gasteiger partial charge is 0.350 e. The van der Waals surface area contributed by atoms with Gasteiger partial charge >= 0.3 is 5.97 Å². The molecule has 0 fully saturated rings. The fourth-order valence-electron chi connectivity index (χ4n) is 3.97. The van der Waals surface area contributed by atoms with Crippen LogP contribution in [-0.2, 0) is 16.1 Å². The van der Waals surface area contributed by atoms with Crippen molar-refractivity contribution in [3.63, 3.8) is 0 Å². The molecule has 0 saturated heterocycles. The van der Waals surface area contributed by atoms with E-state index in [9.17, 15) is 9.90 Å². The number of aliphatic hydroxyl groups excluding tert-OH is 1. The Labute approximate surface area is 205 Å². The first kappa shape index (κ1) is 24.6. The quantitative estimate of drug-likeness (QED) is 0.420. The summed E-state index contributed by atoms with van der Waals surface area (Å²) in [6.07, 6.45) is -0.638. The van der Waals surface area contributed by atoms with Gasteiger partial charge in [-0.1, -0.05) is 55.5 Å². The van der Waals surface area contributed by atoms with Gasteiger partial charge in [0.15, 0.2) is 11.5 Å². The maximum Gasteiger partial charge on any atom is 0.350 e. The van der Waals surface area contributed by atoms with E-state index in [1.807, 2.05) is 66.7 Å². The number of carbonyl (C=O) groups is 1. The number of aliphatic hydroxyl groups is 1. The van der Waals surface area contributed by atoms with E-state index >= 15 is 0 Å². The van der Waals surface area contributed by atoms with Gasteiger partial charge < -0.3 is 29.4 Å². The molecule has 1 aliphatic rings. The molecular weight excluding hydrogens is 446 g/mol. The summed E-state index contributed by atoms with van der Waals surface area (Å²) >= 11 is 0. The molecule has 1 aliphatic heterocycles. The zero-order valence-corrected chi connectivity index (χ0v) is 20.0. The van der Waals surface area contributed by atoms with Crippen molar-refractivity contribution in [3.8, 4) is 17.2 Å². The van der Waals surface area contributed by atoms with E-state index in [4.69, 9.17) is 18.9 Å². The minimum atomic E-state index is -0.763. The summed E-state index contributed by atoms with van der Waals surface area (Å²) in [5.41, 5.74) is 2.89. The van der Waals surface area contributed by atoms with E-state index in [0.29, 0.717) is 24.7 Å². The first-order chi connectivity index (χ1) is 17.1. The van der Waals surface area contributed by atoms with Crippen molar-refractivity contribution in [2.45, 2.75) is 38.2 Å². The number of hydrogen-bond donors (Lipinski definition) is 2. The van der Waals surface area contributed by atoms with Crippen LogP contribution in [0.3, 0.4) is 0 Å². The molecule has 7 nitrogen and oxygen atoms in total. The fourth-order valence-corrected chi connectivity index (χ4v) is 3.97. The minimum absolute atomic E-state index is 0.00870. The molecule has 0 amide bonds. The van der Waals surface area contributed by atoms with Gasteiger partial charge in [-0.2, -0.15) is 0 Å². The lowest BCUT2D eigenvalue weighted by Crippen LogP contribution is -2.37. The lowest BCUT2D eigenvalue weighted by atomic mass is 10.0. The molecule has 3 aromatic carbocycles. The van der Waals surface area contributed by atoms with Crippen molar-refractivity contribution in [3.05, 3.63) is 89.5 Å². The Morgan fingerprint density at radius 1 is 1.06 bits per heavy atom. The van der Waals surface area contributed by atoms with Crippen molar-refractivity contribution in [2.75, 3.05) is 20.3 Å². The Morgan fingerprint density at radius 3 is 2.66 bits per heavy atom. The van der Waals surface area contributed by atoms with Gasteiger partial charge in [0.05, 0.1) is 13.2 Å². The number of carbonyl (C=O) groups excluding carboxylic acids is 1. The van der Waals surface area contributed by atoms with Crippen LogP contribution in [0.5, 0.6) is 17.2 Å². The van der Waals surface area contributed by atoms with Crippen LogP contribution in [0.1, 0.15) is 42.2 Å². The standard InChI is InChI=1S/C28H31NO6/c1-3-23(20-12-13-25-26(15-20)34-18-27(35-25)28(31)32-2)29-16-24(30)21-10-7-11-22(14-21)33-17-19-8-5-4-6-9-19/h4-15,23-24,27,29-30H,3,16-18H2,1-2H3. The molecular formula is C28H31NO6. The molecule has 3 unspecified atom stereocenters. The van der Waals surface area contributed by atoms with Gasteiger partial charge in [0.25, 0.3) is 0 Å². The van der Waals surface area contributed by atoms with Gasteiger partial charge in [-0.25, -0.2) is 4.79 Å². The van der Waals surface area contributed by atoms with Crippen LogP contribution in [0.25, 0.3) is 0 Å². The lowest BCUT2D eigenvalue weighted by Gasteiger charge is -2.26. The summed E-state index contributed by atoms with van der Waals surface area (Å²) in [6, 6.07) is 23.2. The Morgan fingerprint density at radius 2 is 1.89 bits per heavy atom. The van der Waals surface area contributed by atoms with E-state index < -0.39 is 18.2 Å². The highest BCUT2D eigenvalue weighted by atomic mass is 16.6. The molecule has 0 bridgehead atoms. The first-order valence-corrected chi connectivity index (χ1v) is 11.8. The number of hydrogen-bond acceptors (Lipinski definition) is 7. The number of benzene rings is 3. The first-order valence-electron chi connectivity index (χ1n) is 11.8. The molecule has 0 aliphatic carbocycles. The maximum absolute atomic E-state index is 11.7. The summed E-state index contributed by atoms with van der Waals surface area (Å²) in [4.78, 5) is 11.7. The van der Waals surface area contributed by atoms with Gasteiger partial charge in [-0.15, -0.1) is 0 Å². The third-order valence-corrected chi connectivity index (χ3v) is 5.95. The zero-order chi connectivity index (χ0) is 24.6. The van der Waals surface area contributed by atoms with E-state index in [-0.39, 0.29) is 12.6 Å². The Kier molecular flexibility index (Phi) is 8.23. The van der Waals surface area contributed by atoms with Crippen LogP contribution in [0.4, 0.5) is 0 Å². The second kappa shape index (κ2) is 11.7. The molecule has 0 radical (unpaired) electrons. The summed E-state index contributed by atoms with van der Waals surface area (Å²) in [7, 11) is 1.32. The van der Waals surface area contributed by atoms with Crippen molar-refractivity contribution >= 4 is 5.97 Å². The lowest BCUT2D eigenvalue weighted by molar-refractivity contribution is -0.151. The minimum Gasteiger partial charge on any atom is -0.489 e. The van der Waals surface area contributed by atoms with Gasteiger partial charge in [0.1, 0.15) is 19.0 Å². The predicted octanol–water partition coefficient (Wildman–Crippen LogP) is 4.35. The highest BCUT2D eigenvalue weighted by Gasteiger charge is 2.28. The predicted molar refractivity (Wildman–Crippen MR) is 132 cm³/mol. The summed E-state index contributed by atoms with van der Waals surface area (Å²) < 4.78 is 22.1. The topological polar surface area (TPSA) is 86.2 Å². The molecule has 0 spiro atoms. The van der Waals surface area contributed by atoms with E-state index in [2.05, 4.69) is 12.2 Å². The Bertz CT molecular complexity index is 1120. The monoisotopic (exact) mass is 477 g/mol. The van der Waals surface area contributed by atoms with E-state index in [1.165, 1.54) is 7.11 Å². The summed E-state index contributed by atoms with van der Waals surface area (Å²) in [5.74, 6) is 1.36. The normalized spacial score (nSPS) is 16.3. The summed E-state index contributed by atoms with van der Waals surface area (Å²) in [6.45, 7) is 3.03. The molecule has 0 aromatic heterocycles. The molecule has 184 valence electrons. The Hall–Kier alpha value is -3.55. The molecule has 7 heteroatoms. The summed E-state index contributed by atoms with van der Waals surface area (Å²) in [5, 5.41) is 14.3. The van der Waals surface area contributed by atoms with Crippen LogP contribution >= 0.6 is 0 Å². The number of ether oxygens (including phenoxy) is 4. The SMILES string of the molecule is CCC(NCC(O)c1cccc(OCc2ccccc2)c1)c1ccc2c(c1)OCC(C(=O)OC)O2. The van der Waals surface area contributed by atoms with Crippen molar-refractivity contribution in [1.29, 1.82) is 0 Å². The zero-order valence-electron chi connectivity index (χ0n) is 20.0. The van der Waals surface area contributed by atoms with Crippen molar-refractivity contribution in [2.24, 2.45) is 0 Å². The van der Waals surface area contributed by atoms with Gasteiger partial charge in [-0.3, -0.25) is 0 Å². The third-order valence-electron chi connectivity index (χ3n) is 5.95.